The first-order chi connectivity index (χ1) is 8.07. The molecule has 2 N–H and O–H groups in total. The zero-order valence-corrected chi connectivity index (χ0v) is 11.5. The van der Waals surface area contributed by atoms with E-state index >= 15 is 0 Å². The number of hydrogen-bond donors (Lipinski definition) is 2. The van der Waals surface area contributed by atoms with Crippen molar-refractivity contribution in [1.29, 1.82) is 0 Å². The lowest BCUT2D eigenvalue weighted by Gasteiger charge is -2.23. The van der Waals surface area contributed by atoms with Crippen LogP contribution in [-0.4, -0.2) is 18.1 Å². The van der Waals surface area contributed by atoms with Gasteiger partial charge in [-0.25, -0.2) is 0 Å². The molecule has 0 atom stereocenters. The van der Waals surface area contributed by atoms with Gasteiger partial charge in [0, 0.05) is 13.1 Å². The van der Waals surface area contributed by atoms with Crippen molar-refractivity contribution in [1.82, 2.24) is 4.98 Å². The summed E-state index contributed by atoms with van der Waals surface area (Å²) in [5.41, 5.74) is 2.51. The second kappa shape index (κ2) is 6.48. The highest BCUT2D eigenvalue weighted by atomic mass is 14.9. The maximum absolute atomic E-state index is 4.24. The molecule has 1 rings (SSSR count). The minimum absolute atomic E-state index is 0.326. The molecule has 0 aliphatic heterocycles. The molecule has 0 saturated heterocycles. The Bertz CT molecular complexity index is 334. The number of nitrogens with zero attached hydrogens (tertiary/aromatic N) is 1. The zero-order valence-electron chi connectivity index (χ0n) is 11.5. The van der Waals surface area contributed by atoms with Gasteiger partial charge in [-0.3, -0.25) is 4.98 Å². The minimum Gasteiger partial charge on any atom is -0.384 e. The molecule has 3 nitrogen and oxygen atoms in total. The summed E-state index contributed by atoms with van der Waals surface area (Å²) in [4.78, 5) is 4.24. The smallest absolute Gasteiger partial charge is 0.0547 e. The van der Waals surface area contributed by atoms with E-state index in [9.17, 15) is 0 Å². The van der Waals surface area contributed by atoms with Crippen LogP contribution in [0, 0.1) is 5.41 Å². The highest BCUT2D eigenvalue weighted by molar-refractivity contribution is 5.53. The van der Waals surface area contributed by atoms with Gasteiger partial charge in [0.05, 0.1) is 23.8 Å². The maximum Gasteiger partial charge on any atom is 0.0547 e. The highest BCUT2D eigenvalue weighted by Gasteiger charge is 2.14. The lowest BCUT2D eigenvalue weighted by atomic mass is 9.90. The quantitative estimate of drug-likeness (QED) is 0.755. The number of nitrogens with one attached hydrogen (secondary N) is 2. The molecule has 3 heteroatoms. The van der Waals surface area contributed by atoms with Crippen LogP contribution in [0.2, 0.25) is 0 Å². The van der Waals surface area contributed by atoms with E-state index in [-0.39, 0.29) is 0 Å². The molecule has 1 aromatic rings. The van der Waals surface area contributed by atoms with Gasteiger partial charge in [0.25, 0.3) is 0 Å². The number of hydrogen-bond acceptors (Lipinski definition) is 3. The molecule has 0 aromatic carbocycles. The predicted octanol–water partition coefficient (Wildman–Crippen LogP) is 3.75. The lowest BCUT2D eigenvalue weighted by molar-refractivity contribution is 0.377. The molecule has 0 unspecified atom stereocenters. The first kappa shape index (κ1) is 13.8. The second-order valence-corrected chi connectivity index (χ2v) is 5.26. The van der Waals surface area contributed by atoms with Gasteiger partial charge in [-0.2, -0.15) is 0 Å². The molecular weight excluding hydrogens is 210 g/mol. The van der Waals surface area contributed by atoms with E-state index in [1.807, 2.05) is 12.4 Å². The SMILES string of the molecule is CCCNc1cncc(NCC(C)(C)CC)c1. The molecule has 1 aromatic heterocycles. The van der Waals surface area contributed by atoms with E-state index in [1.165, 1.54) is 6.42 Å². The van der Waals surface area contributed by atoms with Crippen LogP contribution < -0.4 is 10.6 Å². The summed E-state index contributed by atoms with van der Waals surface area (Å²) >= 11 is 0. The van der Waals surface area contributed by atoms with Crippen LogP contribution >= 0.6 is 0 Å². The van der Waals surface area contributed by atoms with E-state index in [4.69, 9.17) is 0 Å². The van der Waals surface area contributed by atoms with Gasteiger partial charge in [-0.15, -0.1) is 0 Å². The minimum atomic E-state index is 0.326. The van der Waals surface area contributed by atoms with Crippen molar-refractivity contribution in [2.75, 3.05) is 23.7 Å². The Labute approximate surface area is 105 Å². The van der Waals surface area contributed by atoms with Crippen molar-refractivity contribution in [2.24, 2.45) is 5.41 Å². The Kier molecular flexibility index (Phi) is 5.26. The van der Waals surface area contributed by atoms with Crippen molar-refractivity contribution < 1.29 is 0 Å². The standard InChI is InChI=1S/C14H25N3/c1-5-7-16-12-8-13(10-15-9-12)17-11-14(3,4)6-2/h8-10,16-17H,5-7,11H2,1-4H3. The molecule has 17 heavy (non-hydrogen) atoms. The van der Waals surface area contributed by atoms with Crippen molar-refractivity contribution in [3.05, 3.63) is 18.5 Å². The highest BCUT2D eigenvalue weighted by Crippen LogP contribution is 2.21. The van der Waals surface area contributed by atoms with E-state index in [1.54, 1.807) is 0 Å². The molecule has 0 spiro atoms. The van der Waals surface area contributed by atoms with Gasteiger partial charge >= 0.3 is 0 Å². The Morgan fingerprint density at radius 3 is 2.35 bits per heavy atom. The summed E-state index contributed by atoms with van der Waals surface area (Å²) in [6, 6.07) is 2.12. The summed E-state index contributed by atoms with van der Waals surface area (Å²) < 4.78 is 0. The van der Waals surface area contributed by atoms with E-state index in [0.29, 0.717) is 5.41 Å². The fourth-order valence-corrected chi connectivity index (χ4v) is 1.37. The van der Waals surface area contributed by atoms with Gasteiger partial charge in [0.1, 0.15) is 0 Å². The summed E-state index contributed by atoms with van der Waals surface area (Å²) in [7, 11) is 0. The Balaban J connectivity index is 2.53. The normalized spacial score (nSPS) is 11.3. The molecule has 0 aliphatic carbocycles. The number of pyridine rings is 1. The molecule has 0 fully saturated rings. The first-order valence-electron chi connectivity index (χ1n) is 6.50. The van der Waals surface area contributed by atoms with E-state index in [2.05, 4.69) is 49.4 Å². The first-order valence-corrected chi connectivity index (χ1v) is 6.50. The van der Waals surface area contributed by atoms with Crippen LogP contribution in [0.5, 0.6) is 0 Å². The van der Waals surface area contributed by atoms with Crippen LogP contribution in [0.3, 0.4) is 0 Å². The summed E-state index contributed by atoms with van der Waals surface area (Å²) in [6.45, 7) is 10.9. The Hall–Kier alpha value is -1.25. The molecule has 0 saturated carbocycles. The van der Waals surface area contributed by atoms with E-state index in [0.717, 1.165) is 30.9 Å². The molecular formula is C14H25N3. The molecule has 0 radical (unpaired) electrons. The third kappa shape index (κ3) is 5.07. The van der Waals surface area contributed by atoms with Crippen molar-refractivity contribution >= 4 is 11.4 Å². The van der Waals surface area contributed by atoms with Gasteiger partial charge < -0.3 is 10.6 Å². The lowest BCUT2D eigenvalue weighted by Crippen LogP contribution is -2.22. The largest absolute Gasteiger partial charge is 0.384 e. The van der Waals surface area contributed by atoms with Gasteiger partial charge in [-0.05, 0) is 24.3 Å². The second-order valence-electron chi connectivity index (χ2n) is 5.26. The van der Waals surface area contributed by atoms with Gasteiger partial charge in [0.15, 0.2) is 0 Å². The van der Waals surface area contributed by atoms with Crippen LogP contribution in [0.4, 0.5) is 11.4 Å². The average Bonchev–Trinajstić information content (AvgIpc) is 2.35. The summed E-state index contributed by atoms with van der Waals surface area (Å²) in [5.74, 6) is 0. The van der Waals surface area contributed by atoms with Crippen LogP contribution in [-0.2, 0) is 0 Å². The number of anilines is 2. The molecule has 0 amide bonds. The van der Waals surface area contributed by atoms with Crippen LogP contribution in [0.15, 0.2) is 18.5 Å². The fraction of sp³-hybridized carbons (Fsp3) is 0.643. The average molecular weight is 235 g/mol. The van der Waals surface area contributed by atoms with E-state index < -0.39 is 0 Å². The van der Waals surface area contributed by atoms with Crippen LogP contribution in [0.25, 0.3) is 0 Å². The molecule has 0 bridgehead atoms. The topological polar surface area (TPSA) is 37.0 Å². The Morgan fingerprint density at radius 1 is 1.12 bits per heavy atom. The molecule has 1 heterocycles. The number of aromatic nitrogens is 1. The zero-order chi connectivity index (χ0) is 12.7. The summed E-state index contributed by atoms with van der Waals surface area (Å²) in [6.07, 6.45) is 6.04. The third-order valence-corrected chi connectivity index (χ3v) is 3.05. The molecule has 0 aliphatic rings. The monoisotopic (exact) mass is 235 g/mol. The number of rotatable bonds is 7. The van der Waals surface area contributed by atoms with Gasteiger partial charge in [0.2, 0.25) is 0 Å². The fourth-order valence-electron chi connectivity index (χ4n) is 1.37. The Morgan fingerprint density at radius 2 is 1.76 bits per heavy atom. The van der Waals surface area contributed by atoms with Crippen LogP contribution in [0.1, 0.15) is 40.5 Å². The molecule has 96 valence electrons. The van der Waals surface area contributed by atoms with Gasteiger partial charge in [-0.1, -0.05) is 27.7 Å². The van der Waals surface area contributed by atoms with Crippen molar-refractivity contribution in [3.8, 4) is 0 Å². The van der Waals surface area contributed by atoms with Crippen molar-refractivity contribution in [2.45, 2.75) is 40.5 Å². The third-order valence-electron chi connectivity index (χ3n) is 3.05. The van der Waals surface area contributed by atoms with Crippen molar-refractivity contribution in [3.63, 3.8) is 0 Å². The predicted molar refractivity (Wildman–Crippen MR) is 75.6 cm³/mol. The summed E-state index contributed by atoms with van der Waals surface area (Å²) in [5, 5.41) is 6.79. The maximum atomic E-state index is 4.24.